The second kappa shape index (κ2) is 5.58. The summed E-state index contributed by atoms with van der Waals surface area (Å²) in [6, 6.07) is 8.21. The summed E-state index contributed by atoms with van der Waals surface area (Å²) >= 11 is 1.57. The van der Waals surface area contributed by atoms with E-state index in [4.69, 9.17) is 0 Å². The monoisotopic (exact) mass is 302 g/mol. The molecular weight excluding hydrogens is 284 g/mol. The van der Waals surface area contributed by atoms with Crippen molar-refractivity contribution >= 4 is 17.2 Å². The van der Waals surface area contributed by atoms with Gasteiger partial charge in [0.05, 0.1) is 23.2 Å². The Morgan fingerprint density at radius 2 is 2.00 bits per heavy atom. The molecule has 21 heavy (non-hydrogen) atoms. The highest BCUT2D eigenvalue weighted by Gasteiger charge is 2.29. The van der Waals surface area contributed by atoms with Gasteiger partial charge in [0.25, 0.3) is 0 Å². The first-order valence-electron chi connectivity index (χ1n) is 7.02. The zero-order chi connectivity index (χ0) is 15.0. The maximum atomic E-state index is 12.2. The van der Waals surface area contributed by atoms with Crippen molar-refractivity contribution in [3.05, 3.63) is 39.7 Å². The zero-order valence-corrected chi connectivity index (χ0v) is 13.0. The average Bonchev–Trinajstić information content (AvgIpc) is 2.76. The van der Waals surface area contributed by atoms with Crippen LogP contribution < -0.4 is 0 Å². The van der Waals surface area contributed by atoms with Crippen LogP contribution in [0.2, 0.25) is 0 Å². The van der Waals surface area contributed by atoms with Crippen LogP contribution in [-0.2, 0) is 11.2 Å². The van der Waals surface area contributed by atoms with Crippen LogP contribution in [0.15, 0.2) is 24.3 Å². The summed E-state index contributed by atoms with van der Waals surface area (Å²) in [4.78, 5) is 19.5. The first kappa shape index (κ1) is 14.2. The molecule has 1 aromatic heterocycles. The van der Waals surface area contributed by atoms with Crippen molar-refractivity contribution in [1.82, 2.24) is 9.88 Å². The Morgan fingerprint density at radius 3 is 2.62 bits per heavy atom. The molecule has 4 nitrogen and oxygen atoms in total. The predicted molar refractivity (Wildman–Crippen MR) is 83.3 cm³/mol. The van der Waals surface area contributed by atoms with Crippen molar-refractivity contribution in [1.29, 1.82) is 0 Å². The van der Waals surface area contributed by atoms with Gasteiger partial charge < -0.3 is 10.0 Å². The van der Waals surface area contributed by atoms with E-state index in [-0.39, 0.29) is 12.0 Å². The molecule has 1 aromatic carbocycles. The lowest BCUT2D eigenvalue weighted by Gasteiger charge is -2.35. The number of likely N-dealkylation sites (tertiary alicyclic amines) is 1. The third-order valence-corrected chi connectivity index (χ3v) is 4.63. The van der Waals surface area contributed by atoms with Crippen molar-refractivity contribution in [2.45, 2.75) is 26.4 Å². The van der Waals surface area contributed by atoms with Gasteiger partial charge in [0.15, 0.2) is 0 Å². The molecule has 2 aromatic rings. The van der Waals surface area contributed by atoms with Crippen LogP contribution in [0.5, 0.6) is 0 Å². The van der Waals surface area contributed by atoms with E-state index in [1.54, 1.807) is 16.2 Å². The standard InChI is InChI=1S/C16H18N2O2S/c1-10-3-5-12(6-4-10)16-14(21-11(2)17-16)7-15(20)18-8-13(19)9-18/h3-6,13,19H,7-9H2,1-2H3. The van der Waals surface area contributed by atoms with Crippen molar-refractivity contribution in [2.75, 3.05) is 13.1 Å². The van der Waals surface area contributed by atoms with Gasteiger partial charge in [-0.1, -0.05) is 29.8 Å². The molecule has 0 atom stereocenters. The van der Waals surface area contributed by atoms with Gasteiger partial charge >= 0.3 is 0 Å². The number of benzene rings is 1. The average molecular weight is 302 g/mol. The number of amides is 1. The molecule has 0 spiro atoms. The zero-order valence-electron chi connectivity index (χ0n) is 12.2. The number of hydrogen-bond acceptors (Lipinski definition) is 4. The molecule has 110 valence electrons. The number of aryl methyl sites for hydroxylation is 2. The number of hydrogen-bond donors (Lipinski definition) is 1. The van der Waals surface area contributed by atoms with E-state index >= 15 is 0 Å². The van der Waals surface area contributed by atoms with E-state index in [1.807, 2.05) is 19.1 Å². The van der Waals surface area contributed by atoms with Gasteiger partial charge in [-0.25, -0.2) is 4.98 Å². The number of nitrogens with zero attached hydrogens (tertiary/aromatic N) is 2. The SMILES string of the molecule is Cc1ccc(-c2nc(C)sc2CC(=O)N2CC(O)C2)cc1. The molecule has 0 unspecified atom stereocenters. The summed E-state index contributed by atoms with van der Waals surface area (Å²) in [5.74, 6) is 0.0670. The fourth-order valence-electron chi connectivity index (χ4n) is 2.43. The molecule has 1 fully saturated rings. The number of β-amino-alcohol motifs (C(OH)–C–C–N with tert-alkyl or cyclic N) is 1. The molecule has 1 aliphatic rings. The second-order valence-corrected chi connectivity index (χ2v) is 6.79. The first-order valence-corrected chi connectivity index (χ1v) is 7.84. The van der Waals surface area contributed by atoms with Gasteiger partial charge in [0.2, 0.25) is 5.91 Å². The number of carbonyl (C=O) groups is 1. The topological polar surface area (TPSA) is 53.4 Å². The van der Waals surface area contributed by atoms with E-state index in [0.717, 1.165) is 21.1 Å². The number of thiazole rings is 1. The summed E-state index contributed by atoms with van der Waals surface area (Å²) in [5, 5.41) is 10.3. The highest BCUT2D eigenvalue weighted by atomic mass is 32.1. The molecule has 0 aliphatic carbocycles. The number of aliphatic hydroxyl groups is 1. The van der Waals surface area contributed by atoms with E-state index in [1.165, 1.54) is 5.56 Å². The largest absolute Gasteiger partial charge is 0.389 e. The molecule has 0 radical (unpaired) electrons. The van der Waals surface area contributed by atoms with Crippen LogP contribution in [0.25, 0.3) is 11.3 Å². The third-order valence-electron chi connectivity index (χ3n) is 3.66. The molecule has 1 N–H and O–H groups in total. The number of aliphatic hydroxyl groups excluding tert-OH is 1. The highest BCUT2D eigenvalue weighted by Crippen LogP contribution is 2.29. The maximum absolute atomic E-state index is 12.2. The normalized spacial score (nSPS) is 15.1. The minimum Gasteiger partial charge on any atom is -0.389 e. The van der Waals surface area contributed by atoms with Crippen LogP contribution >= 0.6 is 11.3 Å². The third kappa shape index (κ3) is 2.99. The van der Waals surface area contributed by atoms with Gasteiger partial charge in [-0.2, -0.15) is 0 Å². The summed E-state index contributed by atoms with van der Waals surface area (Å²) in [5.41, 5.74) is 3.17. The minimum atomic E-state index is -0.353. The predicted octanol–water partition coefficient (Wildman–Crippen LogP) is 2.17. The van der Waals surface area contributed by atoms with Gasteiger partial charge in [0, 0.05) is 23.5 Å². The molecule has 1 aliphatic heterocycles. The Kier molecular flexibility index (Phi) is 3.78. The molecule has 5 heteroatoms. The lowest BCUT2D eigenvalue weighted by molar-refractivity contribution is -0.140. The molecule has 0 saturated carbocycles. The van der Waals surface area contributed by atoms with E-state index in [0.29, 0.717) is 19.5 Å². The Balaban J connectivity index is 1.82. The first-order chi connectivity index (χ1) is 10.0. The lowest BCUT2D eigenvalue weighted by Crippen LogP contribution is -2.53. The Morgan fingerprint density at radius 1 is 1.33 bits per heavy atom. The van der Waals surface area contributed by atoms with Crippen molar-refractivity contribution in [2.24, 2.45) is 0 Å². The van der Waals surface area contributed by atoms with Crippen LogP contribution in [0.3, 0.4) is 0 Å². The second-order valence-electron chi connectivity index (χ2n) is 5.50. The molecule has 2 heterocycles. The van der Waals surface area contributed by atoms with Crippen LogP contribution in [0, 0.1) is 13.8 Å². The highest BCUT2D eigenvalue weighted by molar-refractivity contribution is 7.12. The molecule has 1 saturated heterocycles. The summed E-state index contributed by atoms with van der Waals surface area (Å²) in [7, 11) is 0. The van der Waals surface area contributed by atoms with E-state index in [9.17, 15) is 9.90 Å². The maximum Gasteiger partial charge on any atom is 0.228 e. The Hall–Kier alpha value is -1.72. The van der Waals surface area contributed by atoms with Crippen molar-refractivity contribution < 1.29 is 9.90 Å². The molecule has 1 amide bonds. The lowest BCUT2D eigenvalue weighted by atomic mass is 10.1. The molecule has 3 rings (SSSR count). The van der Waals surface area contributed by atoms with Gasteiger partial charge in [-0.3, -0.25) is 4.79 Å². The smallest absolute Gasteiger partial charge is 0.228 e. The summed E-state index contributed by atoms with van der Waals surface area (Å²) in [6.45, 7) is 4.92. The number of carbonyl (C=O) groups excluding carboxylic acids is 1. The fourth-order valence-corrected chi connectivity index (χ4v) is 3.38. The molecular formula is C16H18N2O2S. The Bertz CT molecular complexity index is 657. The summed E-state index contributed by atoms with van der Waals surface area (Å²) in [6.07, 6.45) is 0.00950. The number of rotatable bonds is 3. The van der Waals surface area contributed by atoms with Crippen LogP contribution in [-0.4, -0.2) is 40.1 Å². The molecule has 0 bridgehead atoms. The van der Waals surface area contributed by atoms with Crippen LogP contribution in [0.4, 0.5) is 0 Å². The Labute approximate surface area is 128 Å². The number of aromatic nitrogens is 1. The summed E-state index contributed by atoms with van der Waals surface area (Å²) < 4.78 is 0. The quantitative estimate of drug-likeness (QED) is 0.945. The van der Waals surface area contributed by atoms with Gasteiger partial charge in [-0.15, -0.1) is 11.3 Å². The fraction of sp³-hybridized carbons (Fsp3) is 0.375. The van der Waals surface area contributed by atoms with Crippen molar-refractivity contribution in [3.8, 4) is 11.3 Å². The van der Waals surface area contributed by atoms with E-state index in [2.05, 4.69) is 24.0 Å². The van der Waals surface area contributed by atoms with Gasteiger partial charge in [-0.05, 0) is 13.8 Å². The van der Waals surface area contributed by atoms with E-state index < -0.39 is 0 Å². The minimum absolute atomic E-state index is 0.0670. The van der Waals surface area contributed by atoms with Gasteiger partial charge in [0.1, 0.15) is 0 Å². The van der Waals surface area contributed by atoms with Crippen molar-refractivity contribution in [3.63, 3.8) is 0 Å². The van der Waals surface area contributed by atoms with Crippen LogP contribution in [0.1, 0.15) is 15.4 Å².